The van der Waals surface area contributed by atoms with E-state index in [-0.39, 0.29) is 18.3 Å². The Bertz CT molecular complexity index is 1230. The lowest BCUT2D eigenvalue weighted by Crippen LogP contribution is -2.45. The van der Waals surface area contributed by atoms with E-state index < -0.39 is 24.1 Å². The second-order valence-electron chi connectivity index (χ2n) is 7.97. The number of nitrogens with one attached hydrogen (secondary N) is 2. The molecule has 3 aromatic rings. The molecule has 1 aliphatic heterocycles. The molecule has 2 N–H and O–H groups in total. The number of likely N-dealkylation sites (N-methyl/N-ethyl adjacent to an activating group) is 1. The van der Waals surface area contributed by atoms with Gasteiger partial charge in [0.1, 0.15) is 11.9 Å². The predicted octanol–water partition coefficient (Wildman–Crippen LogP) is 3.94. The quantitative estimate of drug-likeness (QED) is 0.603. The minimum atomic E-state index is -1.15. The summed E-state index contributed by atoms with van der Waals surface area (Å²) in [6, 6.07) is 19.6. The number of rotatable bonds is 5. The highest BCUT2D eigenvalue weighted by atomic mass is 19.1. The van der Waals surface area contributed by atoms with Crippen LogP contribution < -0.4 is 15.5 Å². The lowest BCUT2D eigenvalue weighted by atomic mass is 9.95. The fraction of sp³-hybridized carbons (Fsp3) is 0.192. The van der Waals surface area contributed by atoms with E-state index in [9.17, 15) is 18.8 Å². The molecule has 1 aliphatic rings. The van der Waals surface area contributed by atoms with Gasteiger partial charge >= 0.3 is 6.09 Å². The molecule has 0 saturated carbocycles. The fourth-order valence-electron chi connectivity index (χ4n) is 3.86. The minimum absolute atomic E-state index is 0.116. The average molecular weight is 461 g/mol. The van der Waals surface area contributed by atoms with E-state index in [1.165, 1.54) is 36.1 Å². The zero-order chi connectivity index (χ0) is 24.2. The summed E-state index contributed by atoms with van der Waals surface area (Å²) in [6.45, 7) is 1.54. The van der Waals surface area contributed by atoms with Crippen LogP contribution in [0.1, 0.15) is 24.1 Å². The average Bonchev–Trinajstić information content (AvgIpc) is 2.93. The number of fused-ring (bicyclic) bond motifs is 3. The van der Waals surface area contributed by atoms with Gasteiger partial charge in [-0.05, 0) is 41.8 Å². The number of benzene rings is 3. The van der Waals surface area contributed by atoms with Crippen LogP contribution in [-0.2, 0) is 20.9 Å². The fourth-order valence-corrected chi connectivity index (χ4v) is 3.86. The molecule has 0 saturated heterocycles. The maximum absolute atomic E-state index is 13.3. The Morgan fingerprint density at radius 3 is 2.38 bits per heavy atom. The zero-order valence-corrected chi connectivity index (χ0v) is 18.7. The largest absolute Gasteiger partial charge is 0.436 e. The van der Waals surface area contributed by atoms with Gasteiger partial charge in [0.2, 0.25) is 0 Å². The summed E-state index contributed by atoms with van der Waals surface area (Å²) in [5, 5.41) is 5.26. The molecular weight excluding hydrogens is 437 g/mol. The van der Waals surface area contributed by atoms with Gasteiger partial charge in [-0.3, -0.25) is 9.59 Å². The topological polar surface area (TPSA) is 87.7 Å². The van der Waals surface area contributed by atoms with Gasteiger partial charge in [0.25, 0.3) is 11.8 Å². The van der Waals surface area contributed by atoms with Crippen molar-refractivity contribution in [3.05, 3.63) is 89.7 Å². The molecule has 2 atom stereocenters. The Kier molecular flexibility index (Phi) is 6.58. The van der Waals surface area contributed by atoms with Gasteiger partial charge in [0, 0.05) is 19.2 Å². The maximum atomic E-state index is 13.3. The van der Waals surface area contributed by atoms with E-state index in [0.29, 0.717) is 11.1 Å². The van der Waals surface area contributed by atoms with Crippen LogP contribution in [0, 0.1) is 5.82 Å². The van der Waals surface area contributed by atoms with Gasteiger partial charge in [-0.2, -0.15) is 0 Å². The van der Waals surface area contributed by atoms with Crippen molar-refractivity contribution >= 4 is 23.6 Å². The summed E-state index contributed by atoms with van der Waals surface area (Å²) in [6.07, 6.45) is -1.95. The van der Waals surface area contributed by atoms with Crippen LogP contribution in [0.4, 0.5) is 14.9 Å². The Labute approximate surface area is 196 Å². The number of amides is 3. The molecule has 0 aliphatic carbocycles. The van der Waals surface area contributed by atoms with Crippen LogP contribution in [0.2, 0.25) is 0 Å². The van der Waals surface area contributed by atoms with E-state index in [0.717, 1.165) is 16.8 Å². The number of anilines is 1. The number of hydrogen-bond acceptors (Lipinski definition) is 4. The van der Waals surface area contributed by atoms with E-state index in [1.54, 1.807) is 13.1 Å². The highest BCUT2D eigenvalue weighted by Gasteiger charge is 2.34. The molecule has 7 nitrogen and oxygen atoms in total. The van der Waals surface area contributed by atoms with Gasteiger partial charge in [-0.1, -0.05) is 54.6 Å². The number of carbonyl (C=O) groups is 3. The second-order valence-corrected chi connectivity index (χ2v) is 7.97. The van der Waals surface area contributed by atoms with Crippen molar-refractivity contribution in [1.82, 2.24) is 10.6 Å². The highest BCUT2D eigenvalue weighted by molar-refractivity contribution is 6.06. The molecule has 3 amide bonds. The van der Waals surface area contributed by atoms with Crippen molar-refractivity contribution in [3.8, 4) is 11.1 Å². The minimum Gasteiger partial charge on any atom is -0.436 e. The predicted molar refractivity (Wildman–Crippen MR) is 125 cm³/mol. The first-order valence-corrected chi connectivity index (χ1v) is 10.8. The number of carbonyl (C=O) groups excluding carboxylic acids is 3. The van der Waals surface area contributed by atoms with Crippen LogP contribution in [0.5, 0.6) is 0 Å². The molecule has 3 aromatic carbocycles. The second kappa shape index (κ2) is 9.74. The highest BCUT2D eigenvalue weighted by Crippen LogP contribution is 2.39. The summed E-state index contributed by atoms with van der Waals surface area (Å²) in [5.74, 6) is -1.29. The number of ether oxygens (including phenoxy) is 1. The third-order valence-corrected chi connectivity index (χ3v) is 5.69. The van der Waals surface area contributed by atoms with E-state index in [2.05, 4.69) is 10.6 Å². The van der Waals surface area contributed by atoms with Crippen LogP contribution in [0.3, 0.4) is 0 Å². The molecule has 0 radical (unpaired) electrons. The normalized spacial score (nSPS) is 15.4. The molecule has 0 bridgehead atoms. The molecule has 1 heterocycles. The molecule has 174 valence electrons. The van der Waals surface area contributed by atoms with Crippen molar-refractivity contribution < 1.29 is 23.5 Å². The van der Waals surface area contributed by atoms with Gasteiger partial charge < -0.3 is 20.3 Å². The number of para-hydroxylation sites is 1. The van der Waals surface area contributed by atoms with Gasteiger partial charge in [-0.25, -0.2) is 9.18 Å². The smallest absolute Gasteiger partial charge is 0.408 e. The van der Waals surface area contributed by atoms with Gasteiger partial charge in [0.05, 0.1) is 5.69 Å². The van der Waals surface area contributed by atoms with E-state index in [1.807, 2.05) is 42.5 Å². The Morgan fingerprint density at radius 2 is 1.65 bits per heavy atom. The summed E-state index contributed by atoms with van der Waals surface area (Å²) in [7, 11) is 1.66. The number of alkyl carbamates (subject to hydrolysis) is 1. The monoisotopic (exact) mass is 461 g/mol. The summed E-state index contributed by atoms with van der Waals surface area (Å²) < 4.78 is 18.2. The summed E-state index contributed by atoms with van der Waals surface area (Å²) in [5.41, 5.74) is 3.80. The lowest BCUT2D eigenvalue weighted by molar-refractivity contribution is -0.132. The Morgan fingerprint density at radius 1 is 1.00 bits per heavy atom. The molecule has 4 rings (SSSR count). The van der Waals surface area contributed by atoms with Crippen molar-refractivity contribution in [2.45, 2.75) is 25.6 Å². The van der Waals surface area contributed by atoms with Crippen molar-refractivity contribution in [2.24, 2.45) is 0 Å². The third kappa shape index (κ3) is 4.76. The van der Waals surface area contributed by atoms with E-state index >= 15 is 0 Å². The van der Waals surface area contributed by atoms with Crippen LogP contribution in [0.15, 0.2) is 72.8 Å². The first-order chi connectivity index (χ1) is 16.3. The van der Waals surface area contributed by atoms with Crippen LogP contribution >= 0.6 is 0 Å². The van der Waals surface area contributed by atoms with Gasteiger partial charge in [0.15, 0.2) is 6.10 Å². The van der Waals surface area contributed by atoms with Crippen LogP contribution in [0.25, 0.3) is 11.1 Å². The molecule has 8 heteroatoms. The van der Waals surface area contributed by atoms with Crippen molar-refractivity contribution in [3.63, 3.8) is 0 Å². The van der Waals surface area contributed by atoms with Gasteiger partial charge in [-0.15, -0.1) is 0 Å². The number of hydrogen-bond donors (Lipinski definition) is 2. The lowest BCUT2D eigenvalue weighted by Gasteiger charge is -2.24. The first-order valence-electron chi connectivity index (χ1n) is 10.8. The summed E-state index contributed by atoms with van der Waals surface area (Å²) in [4.78, 5) is 39.8. The number of halogens is 1. The Balaban J connectivity index is 1.46. The standard InChI is InChI=1S/C26H24FN3O4/c1-16(34-26(33)28-15-17-11-13-18(27)14-12-17)24(31)29-23-21-9-4-3-7-19(21)20-8-5-6-10-22(20)30(2)25(23)32/h3-14,16,23H,15H2,1-2H3,(H,28,33)(H,29,31)/t16?,23-/m0/s1. The van der Waals surface area contributed by atoms with E-state index in [4.69, 9.17) is 4.74 Å². The molecule has 0 fully saturated rings. The Hall–Kier alpha value is -4.20. The first kappa shape index (κ1) is 23.0. The molecule has 0 spiro atoms. The zero-order valence-electron chi connectivity index (χ0n) is 18.7. The SMILES string of the molecule is CC(OC(=O)NCc1ccc(F)cc1)C(=O)N[C@@H]1C(=O)N(C)c2ccccc2-c2ccccc21. The summed E-state index contributed by atoms with van der Waals surface area (Å²) >= 11 is 0. The molecular formula is C26H24FN3O4. The molecule has 1 unspecified atom stereocenters. The van der Waals surface area contributed by atoms with Crippen molar-refractivity contribution in [1.29, 1.82) is 0 Å². The van der Waals surface area contributed by atoms with Crippen LogP contribution in [-0.4, -0.2) is 31.1 Å². The van der Waals surface area contributed by atoms with Crippen molar-refractivity contribution in [2.75, 3.05) is 11.9 Å². The maximum Gasteiger partial charge on any atom is 0.408 e. The molecule has 0 aromatic heterocycles. The molecule has 34 heavy (non-hydrogen) atoms. The number of nitrogens with zero attached hydrogens (tertiary/aromatic N) is 1. The third-order valence-electron chi connectivity index (χ3n) is 5.69.